The second kappa shape index (κ2) is 19.4. The van der Waals surface area contributed by atoms with Crippen LogP contribution in [0, 0.1) is 11.3 Å². The Hall–Kier alpha value is -3.69. The van der Waals surface area contributed by atoms with Crippen LogP contribution < -0.4 is 16.1 Å². The number of aromatic nitrogens is 1. The lowest BCUT2D eigenvalue weighted by molar-refractivity contribution is -0.165. The number of fused-ring (bicyclic) bond motifs is 1. The normalized spacial score (nSPS) is 17.0. The number of rotatable bonds is 14. The van der Waals surface area contributed by atoms with Gasteiger partial charge in [0.05, 0.1) is 29.3 Å². The second-order valence-corrected chi connectivity index (χ2v) is 17.8. The van der Waals surface area contributed by atoms with Crippen molar-refractivity contribution in [1.82, 2.24) is 26.1 Å². The number of benzene rings is 1. The number of ether oxygens (including phenoxy) is 4. The minimum Gasteiger partial charge on any atom is -0.460 e. The third-order valence-electron chi connectivity index (χ3n) is 8.29. The molecule has 0 bridgehead atoms. The maximum absolute atomic E-state index is 13.6. The standard InChI is InChI=1S/C38H52Cl3N5O9/c1-22(2)30(31(47)44-29(20-52-9)32(48)46-18-10-11-27(45-46)33(49)53-21-38(39,40)41)54-34(50)37(7,8)17-16-24-12-13-25-14-15-26(43-28(25)19-24)23(3)42-35(51)55-36(4,5)6/h12-17,19,22-23,27,29-30,45H,10-11,18,20-21H2,1-9H3,(H,42,51)(H,44,47)/b17-16+/t23-,27?,29+,30+/m1/s1. The molecule has 3 rings (SSSR count). The summed E-state index contributed by atoms with van der Waals surface area (Å²) in [7, 11) is 1.37. The van der Waals surface area contributed by atoms with Gasteiger partial charge in [-0.2, -0.15) is 0 Å². The van der Waals surface area contributed by atoms with Crippen LogP contribution >= 0.6 is 34.8 Å². The molecule has 55 heavy (non-hydrogen) atoms. The fraction of sp³-hybridized carbons (Fsp3) is 0.579. The van der Waals surface area contributed by atoms with Crippen LogP contribution in [0.3, 0.4) is 0 Å². The highest BCUT2D eigenvalue weighted by Gasteiger charge is 2.38. The highest BCUT2D eigenvalue weighted by Crippen LogP contribution is 2.27. The zero-order valence-corrected chi connectivity index (χ0v) is 34.9. The zero-order valence-electron chi connectivity index (χ0n) is 32.7. The summed E-state index contributed by atoms with van der Waals surface area (Å²) in [5, 5.41) is 7.55. The van der Waals surface area contributed by atoms with Crippen LogP contribution in [0.25, 0.3) is 17.0 Å². The molecule has 0 saturated carbocycles. The average Bonchev–Trinajstić information content (AvgIpc) is 3.09. The number of methoxy groups -OCH3 is 1. The monoisotopic (exact) mass is 827 g/mol. The number of nitrogens with zero attached hydrogens (tertiary/aromatic N) is 2. The van der Waals surface area contributed by atoms with E-state index in [1.165, 1.54) is 12.1 Å². The van der Waals surface area contributed by atoms with Gasteiger partial charge < -0.3 is 29.6 Å². The van der Waals surface area contributed by atoms with Gasteiger partial charge in [-0.25, -0.2) is 10.2 Å². The number of hydrogen-bond donors (Lipinski definition) is 3. The number of esters is 2. The van der Waals surface area contributed by atoms with Gasteiger partial charge in [-0.05, 0) is 78.0 Å². The molecule has 2 heterocycles. The summed E-state index contributed by atoms with van der Waals surface area (Å²) in [5.41, 5.74) is 3.11. The molecule has 1 unspecified atom stereocenters. The lowest BCUT2D eigenvalue weighted by Crippen LogP contribution is -2.61. The number of carbonyl (C=O) groups is 5. The van der Waals surface area contributed by atoms with Crippen LogP contribution in [0.4, 0.5) is 4.79 Å². The highest BCUT2D eigenvalue weighted by atomic mass is 35.6. The molecule has 1 aliphatic rings. The summed E-state index contributed by atoms with van der Waals surface area (Å²) in [4.78, 5) is 70.2. The van der Waals surface area contributed by atoms with Crippen molar-refractivity contribution in [3.05, 3.63) is 47.7 Å². The van der Waals surface area contributed by atoms with Crippen molar-refractivity contribution in [3.8, 4) is 0 Å². The topological polar surface area (TPSA) is 174 Å². The van der Waals surface area contributed by atoms with Crippen LogP contribution in [0.2, 0.25) is 0 Å². The van der Waals surface area contributed by atoms with Crippen LogP contribution in [0.15, 0.2) is 36.4 Å². The Kier molecular flexibility index (Phi) is 16.2. The molecule has 14 nitrogen and oxygen atoms in total. The predicted octanol–water partition coefficient (Wildman–Crippen LogP) is 5.97. The first kappa shape index (κ1) is 45.7. The molecule has 1 aromatic heterocycles. The first-order valence-electron chi connectivity index (χ1n) is 17.9. The third kappa shape index (κ3) is 14.4. The van der Waals surface area contributed by atoms with Crippen LogP contribution in [0.5, 0.6) is 0 Å². The van der Waals surface area contributed by atoms with Crippen molar-refractivity contribution in [2.24, 2.45) is 11.3 Å². The molecule has 3 N–H and O–H groups in total. The smallest absolute Gasteiger partial charge is 0.408 e. The Bertz CT molecular complexity index is 1730. The van der Waals surface area contributed by atoms with Gasteiger partial charge in [-0.15, -0.1) is 0 Å². The molecule has 3 amide bonds. The van der Waals surface area contributed by atoms with E-state index in [1.54, 1.807) is 60.6 Å². The van der Waals surface area contributed by atoms with Crippen LogP contribution in [-0.4, -0.2) is 94.3 Å². The molecule has 0 aliphatic carbocycles. The van der Waals surface area contributed by atoms with Crippen LogP contribution in [-0.2, 0) is 38.1 Å². The molecule has 1 saturated heterocycles. The van der Waals surface area contributed by atoms with Gasteiger partial charge in [-0.3, -0.25) is 29.2 Å². The number of alkyl halides is 3. The van der Waals surface area contributed by atoms with E-state index in [4.69, 9.17) is 58.7 Å². The first-order valence-corrected chi connectivity index (χ1v) is 19.0. The zero-order chi connectivity index (χ0) is 41.3. The van der Waals surface area contributed by atoms with Gasteiger partial charge >= 0.3 is 18.0 Å². The van der Waals surface area contributed by atoms with Gasteiger partial charge in [0.25, 0.3) is 11.8 Å². The molecule has 1 aliphatic heterocycles. The number of nitrogens with one attached hydrogen (secondary N) is 3. The lowest BCUT2D eigenvalue weighted by Gasteiger charge is -2.35. The number of amides is 3. The molecule has 4 atom stereocenters. The van der Waals surface area contributed by atoms with E-state index in [0.29, 0.717) is 24.1 Å². The SMILES string of the molecule is COC[C@H](NC(=O)[C@@H](OC(=O)C(C)(C)/C=C/c1ccc2ccc([C@@H](C)NC(=O)OC(C)(C)C)nc2c1)C(C)C)C(=O)N1CCCC(C(=O)OCC(Cl)(Cl)Cl)N1. The quantitative estimate of drug-likeness (QED) is 0.116. The molecular weight excluding hydrogens is 777 g/mol. The van der Waals surface area contributed by atoms with E-state index in [-0.39, 0.29) is 13.2 Å². The van der Waals surface area contributed by atoms with Gasteiger partial charge in [0, 0.05) is 19.0 Å². The van der Waals surface area contributed by atoms with Crippen molar-refractivity contribution in [2.45, 2.75) is 102 Å². The van der Waals surface area contributed by atoms with Gasteiger partial charge in [-0.1, -0.05) is 79.0 Å². The van der Waals surface area contributed by atoms with E-state index in [1.807, 2.05) is 37.3 Å². The van der Waals surface area contributed by atoms with E-state index >= 15 is 0 Å². The van der Waals surface area contributed by atoms with Gasteiger partial charge in [0.1, 0.15) is 24.3 Å². The van der Waals surface area contributed by atoms with E-state index in [0.717, 1.165) is 10.9 Å². The minimum atomic E-state index is -1.79. The number of pyridine rings is 1. The molecule has 0 spiro atoms. The van der Waals surface area contributed by atoms with Crippen molar-refractivity contribution >= 4 is 81.6 Å². The summed E-state index contributed by atoms with van der Waals surface area (Å²) in [6.45, 7) is 13.5. The first-order chi connectivity index (χ1) is 25.5. The van der Waals surface area contributed by atoms with Crippen molar-refractivity contribution in [2.75, 3.05) is 26.9 Å². The van der Waals surface area contributed by atoms with E-state index in [9.17, 15) is 24.0 Å². The Morgan fingerprint density at radius 1 is 1.02 bits per heavy atom. The molecule has 1 aromatic carbocycles. The third-order valence-corrected chi connectivity index (χ3v) is 8.62. The fourth-order valence-corrected chi connectivity index (χ4v) is 5.50. The Labute approximate surface area is 337 Å². The molecular formula is C38H52Cl3N5O9. The van der Waals surface area contributed by atoms with Crippen molar-refractivity contribution < 1.29 is 42.9 Å². The summed E-state index contributed by atoms with van der Waals surface area (Å²) < 4.78 is 19.6. The number of hydrazine groups is 1. The molecule has 1 fully saturated rings. The molecule has 17 heteroatoms. The summed E-state index contributed by atoms with van der Waals surface area (Å²) >= 11 is 17.1. The fourth-order valence-electron chi connectivity index (χ4n) is 5.34. The molecule has 0 radical (unpaired) electrons. The second-order valence-electron chi connectivity index (χ2n) is 15.2. The maximum Gasteiger partial charge on any atom is 0.408 e. The summed E-state index contributed by atoms with van der Waals surface area (Å²) in [5.74, 6) is -3.09. The average molecular weight is 829 g/mol. The highest BCUT2D eigenvalue weighted by molar-refractivity contribution is 6.67. The van der Waals surface area contributed by atoms with E-state index < -0.39 is 81.4 Å². The minimum absolute atomic E-state index is 0.195. The summed E-state index contributed by atoms with van der Waals surface area (Å²) in [6.07, 6.45) is 2.48. The van der Waals surface area contributed by atoms with Crippen molar-refractivity contribution in [1.29, 1.82) is 0 Å². The Morgan fingerprint density at radius 3 is 2.31 bits per heavy atom. The lowest BCUT2D eigenvalue weighted by atomic mass is 9.92. The van der Waals surface area contributed by atoms with Gasteiger partial charge in [0.2, 0.25) is 3.79 Å². The maximum atomic E-state index is 13.6. The van der Waals surface area contributed by atoms with Crippen molar-refractivity contribution in [3.63, 3.8) is 0 Å². The van der Waals surface area contributed by atoms with Crippen LogP contribution in [0.1, 0.15) is 85.5 Å². The van der Waals surface area contributed by atoms with Gasteiger partial charge in [0.15, 0.2) is 6.10 Å². The number of halogens is 3. The molecule has 304 valence electrons. The largest absolute Gasteiger partial charge is 0.460 e. The number of carbonyl (C=O) groups excluding carboxylic acids is 5. The Balaban J connectivity index is 1.68. The predicted molar refractivity (Wildman–Crippen MR) is 210 cm³/mol. The number of hydrogen-bond acceptors (Lipinski definition) is 11. The Morgan fingerprint density at radius 2 is 1.69 bits per heavy atom. The summed E-state index contributed by atoms with van der Waals surface area (Å²) in [6, 6.07) is 6.92. The van der Waals surface area contributed by atoms with E-state index in [2.05, 4.69) is 16.1 Å². The number of alkyl carbamates (subject to hydrolysis) is 1. The molecule has 2 aromatic rings.